The molecule has 3 aromatic rings. The van der Waals surface area contributed by atoms with Gasteiger partial charge < -0.3 is 9.73 Å². The minimum atomic E-state index is -1.32. The van der Waals surface area contributed by atoms with Gasteiger partial charge in [-0.3, -0.25) is 9.69 Å². The molecule has 0 radical (unpaired) electrons. The van der Waals surface area contributed by atoms with Gasteiger partial charge in [0.25, 0.3) is 5.91 Å². The predicted octanol–water partition coefficient (Wildman–Crippen LogP) is 5.27. The van der Waals surface area contributed by atoms with E-state index in [1.165, 1.54) is 12.3 Å². The summed E-state index contributed by atoms with van der Waals surface area (Å²) in [4.78, 5) is 30.8. The van der Waals surface area contributed by atoms with E-state index in [9.17, 15) is 9.59 Å². The number of carbonyl (C=O) groups excluding carboxylic acids is 2. The molecular formula is C20H14Cl3N3O3. The number of imide groups is 1. The molecule has 2 aromatic carbocycles. The van der Waals surface area contributed by atoms with E-state index in [0.717, 1.165) is 10.5 Å². The molecule has 1 atom stereocenters. The lowest BCUT2D eigenvalue weighted by atomic mass is 9.92. The Morgan fingerprint density at radius 3 is 2.45 bits per heavy atom. The van der Waals surface area contributed by atoms with Crippen molar-refractivity contribution >= 4 is 46.7 Å². The molecule has 2 heterocycles. The number of amides is 3. The van der Waals surface area contributed by atoms with Crippen LogP contribution in [0.5, 0.6) is 0 Å². The van der Waals surface area contributed by atoms with Crippen LogP contribution >= 0.6 is 34.8 Å². The fourth-order valence-electron chi connectivity index (χ4n) is 3.18. The summed E-state index contributed by atoms with van der Waals surface area (Å²) < 4.78 is 5.71. The number of nitrogens with zero attached hydrogens (tertiary/aromatic N) is 2. The van der Waals surface area contributed by atoms with Gasteiger partial charge in [-0.1, -0.05) is 40.9 Å². The zero-order valence-corrected chi connectivity index (χ0v) is 17.3. The first-order valence-electron chi connectivity index (χ1n) is 8.58. The molecule has 0 unspecified atom stereocenters. The summed E-state index contributed by atoms with van der Waals surface area (Å²) in [6, 6.07) is 11.3. The van der Waals surface area contributed by atoms with Crippen molar-refractivity contribution in [3.63, 3.8) is 0 Å². The molecule has 6 nitrogen and oxygen atoms in total. The van der Waals surface area contributed by atoms with Crippen molar-refractivity contribution < 1.29 is 14.0 Å². The second-order valence-corrected chi connectivity index (χ2v) is 7.98. The standard InChI is InChI=1S/C20H14Cl3N3O3/c1-20(14-7-6-13(22)8-15(14)23)18(27)26(19(28)25-20)10-17-24-9-16(29-17)11-2-4-12(21)5-3-11/h2-9H,10H2,1H3,(H,25,28)/t20-/m1/s1. The van der Waals surface area contributed by atoms with Crippen LogP contribution < -0.4 is 5.32 Å². The molecule has 9 heteroatoms. The lowest BCUT2D eigenvalue weighted by Crippen LogP contribution is -2.41. The summed E-state index contributed by atoms with van der Waals surface area (Å²) in [5, 5.41) is 4.03. The first kappa shape index (κ1) is 19.8. The second kappa shape index (κ2) is 7.37. The fraction of sp³-hybridized carbons (Fsp3) is 0.150. The van der Waals surface area contributed by atoms with Crippen molar-refractivity contribution in [2.45, 2.75) is 19.0 Å². The molecule has 0 aliphatic carbocycles. The van der Waals surface area contributed by atoms with Gasteiger partial charge in [-0.25, -0.2) is 9.78 Å². The van der Waals surface area contributed by atoms with E-state index in [0.29, 0.717) is 21.4 Å². The van der Waals surface area contributed by atoms with Crippen molar-refractivity contribution in [3.8, 4) is 11.3 Å². The summed E-state index contributed by atoms with van der Waals surface area (Å²) in [7, 11) is 0. The molecule has 1 aliphatic heterocycles. The van der Waals surface area contributed by atoms with E-state index in [-0.39, 0.29) is 17.5 Å². The van der Waals surface area contributed by atoms with Crippen LogP contribution in [0.25, 0.3) is 11.3 Å². The maximum absolute atomic E-state index is 13.1. The van der Waals surface area contributed by atoms with Crippen LogP contribution in [0.2, 0.25) is 15.1 Å². The van der Waals surface area contributed by atoms with Crippen LogP contribution in [-0.2, 0) is 16.9 Å². The molecule has 29 heavy (non-hydrogen) atoms. The van der Waals surface area contributed by atoms with Gasteiger partial charge in [0, 0.05) is 26.2 Å². The molecule has 1 aromatic heterocycles. The Hall–Kier alpha value is -2.54. The third kappa shape index (κ3) is 3.59. The van der Waals surface area contributed by atoms with Gasteiger partial charge in [0.2, 0.25) is 5.89 Å². The Balaban J connectivity index is 1.58. The number of hydrogen-bond acceptors (Lipinski definition) is 4. The molecular weight excluding hydrogens is 437 g/mol. The normalized spacial score (nSPS) is 19.0. The Kier molecular flexibility index (Phi) is 5.02. The Labute approximate surface area is 181 Å². The Bertz CT molecular complexity index is 1110. The summed E-state index contributed by atoms with van der Waals surface area (Å²) in [6.45, 7) is 1.48. The molecule has 148 valence electrons. The number of nitrogens with one attached hydrogen (secondary N) is 1. The first-order chi connectivity index (χ1) is 13.8. The largest absolute Gasteiger partial charge is 0.439 e. The van der Waals surface area contributed by atoms with E-state index in [4.69, 9.17) is 39.2 Å². The minimum absolute atomic E-state index is 0.112. The van der Waals surface area contributed by atoms with E-state index < -0.39 is 17.5 Å². The highest BCUT2D eigenvalue weighted by Crippen LogP contribution is 2.35. The van der Waals surface area contributed by atoms with Gasteiger partial charge in [0.1, 0.15) is 12.1 Å². The van der Waals surface area contributed by atoms with E-state index >= 15 is 0 Å². The van der Waals surface area contributed by atoms with E-state index in [1.807, 2.05) is 0 Å². The van der Waals surface area contributed by atoms with Gasteiger partial charge in [-0.2, -0.15) is 0 Å². The highest BCUT2D eigenvalue weighted by atomic mass is 35.5. The zero-order chi connectivity index (χ0) is 20.8. The maximum Gasteiger partial charge on any atom is 0.325 e. The van der Waals surface area contributed by atoms with Crippen LogP contribution in [0.4, 0.5) is 4.79 Å². The number of hydrogen-bond donors (Lipinski definition) is 1. The van der Waals surface area contributed by atoms with Crippen LogP contribution in [-0.4, -0.2) is 21.8 Å². The SMILES string of the molecule is C[C@]1(c2ccc(Cl)cc2Cl)NC(=O)N(Cc2ncc(-c3ccc(Cl)cc3)o2)C1=O. The maximum atomic E-state index is 13.1. The number of benzene rings is 2. The zero-order valence-electron chi connectivity index (χ0n) is 15.1. The number of urea groups is 1. The minimum Gasteiger partial charge on any atom is -0.439 e. The average molecular weight is 451 g/mol. The average Bonchev–Trinajstić information content (AvgIpc) is 3.21. The van der Waals surface area contributed by atoms with E-state index in [1.54, 1.807) is 43.3 Å². The van der Waals surface area contributed by atoms with Crippen molar-refractivity contribution in [2.24, 2.45) is 0 Å². The molecule has 3 amide bonds. The first-order valence-corrected chi connectivity index (χ1v) is 9.71. The fourth-order valence-corrected chi connectivity index (χ4v) is 3.91. The van der Waals surface area contributed by atoms with Gasteiger partial charge in [0.05, 0.1) is 6.20 Å². The van der Waals surface area contributed by atoms with E-state index in [2.05, 4.69) is 10.3 Å². The molecule has 4 rings (SSSR count). The molecule has 1 N–H and O–H groups in total. The highest BCUT2D eigenvalue weighted by molar-refractivity contribution is 6.35. The van der Waals surface area contributed by atoms with Gasteiger partial charge >= 0.3 is 6.03 Å². The monoisotopic (exact) mass is 449 g/mol. The topological polar surface area (TPSA) is 75.4 Å². The molecule has 0 bridgehead atoms. The van der Waals surface area contributed by atoms with Crippen LogP contribution in [0.1, 0.15) is 18.4 Å². The smallest absolute Gasteiger partial charge is 0.325 e. The van der Waals surface area contributed by atoms with Crippen molar-refractivity contribution in [3.05, 3.63) is 75.2 Å². The third-order valence-corrected chi connectivity index (χ3v) is 5.52. The van der Waals surface area contributed by atoms with Gasteiger partial charge in [0.15, 0.2) is 5.76 Å². The molecule has 1 aliphatic rings. The van der Waals surface area contributed by atoms with Crippen molar-refractivity contribution in [1.29, 1.82) is 0 Å². The van der Waals surface area contributed by atoms with Gasteiger partial charge in [-0.05, 0) is 43.3 Å². The summed E-state index contributed by atoms with van der Waals surface area (Å²) in [6.07, 6.45) is 1.53. The van der Waals surface area contributed by atoms with Crippen molar-refractivity contribution in [2.75, 3.05) is 0 Å². The summed E-state index contributed by atoms with van der Waals surface area (Å²) in [5.41, 5.74) is -0.0773. The summed E-state index contributed by atoms with van der Waals surface area (Å²) in [5.74, 6) is 0.273. The quantitative estimate of drug-likeness (QED) is 0.550. The Morgan fingerprint density at radius 2 is 1.76 bits per heavy atom. The van der Waals surface area contributed by atoms with Crippen molar-refractivity contribution in [1.82, 2.24) is 15.2 Å². The second-order valence-electron chi connectivity index (χ2n) is 6.70. The predicted molar refractivity (Wildman–Crippen MR) is 110 cm³/mol. The number of aromatic nitrogens is 1. The molecule has 1 fully saturated rings. The lowest BCUT2D eigenvalue weighted by molar-refractivity contribution is -0.131. The third-order valence-electron chi connectivity index (χ3n) is 4.72. The number of halogens is 3. The molecule has 0 saturated carbocycles. The lowest BCUT2D eigenvalue weighted by Gasteiger charge is -2.23. The summed E-state index contributed by atoms with van der Waals surface area (Å²) >= 11 is 18.1. The number of oxazole rings is 1. The number of carbonyl (C=O) groups is 2. The molecule has 0 spiro atoms. The van der Waals surface area contributed by atoms with Crippen LogP contribution in [0.15, 0.2) is 53.1 Å². The van der Waals surface area contributed by atoms with Crippen LogP contribution in [0, 0.1) is 0 Å². The van der Waals surface area contributed by atoms with Gasteiger partial charge in [-0.15, -0.1) is 0 Å². The Morgan fingerprint density at radius 1 is 1.07 bits per heavy atom. The number of rotatable bonds is 4. The van der Waals surface area contributed by atoms with Crippen LogP contribution in [0.3, 0.4) is 0 Å². The highest BCUT2D eigenvalue weighted by Gasteiger charge is 2.50. The molecule has 1 saturated heterocycles.